The van der Waals surface area contributed by atoms with E-state index in [0.717, 1.165) is 16.0 Å². The van der Waals surface area contributed by atoms with Crippen molar-refractivity contribution < 1.29 is 9.21 Å². The van der Waals surface area contributed by atoms with Gasteiger partial charge in [0.15, 0.2) is 0 Å². The van der Waals surface area contributed by atoms with Gasteiger partial charge in [0, 0.05) is 5.56 Å². The van der Waals surface area contributed by atoms with Crippen LogP contribution >= 0.6 is 11.3 Å². The van der Waals surface area contributed by atoms with E-state index in [1.165, 1.54) is 11.3 Å². The summed E-state index contributed by atoms with van der Waals surface area (Å²) < 4.78 is 5.60. The lowest BCUT2D eigenvalue weighted by Crippen LogP contribution is -2.23. The van der Waals surface area contributed by atoms with Crippen molar-refractivity contribution in [3.63, 3.8) is 0 Å². The highest BCUT2D eigenvalue weighted by Gasteiger charge is 2.14. The number of nitrogens with one attached hydrogen (secondary N) is 1. The molecule has 2 heterocycles. The van der Waals surface area contributed by atoms with Gasteiger partial charge in [-0.25, -0.2) is 0 Å². The molecule has 26 heavy (non-hydrogen) atoms. The van der Waals surface area contributed by atoms with Gasteiger partial charge in [-0.3, -0.25) is 4.79 Å². The zero-order valence-electron chi connectivity index (χ0n) is 13.8. The van der Waals surface area contributed by atoms with E-state index in [4.69, 9.17) is 4.42 Å². The summed E-state index contributed by atoms with van der Waals surface area (Å²) in [4.78, 5) is 13.6. The van der Waals surface area contributed by atoms with Gasteiger partial charge in [0.25, 0.3) is 11.8 Å². The molecule has 2 aromatic carbocycles. The standard InChI is InChI=1S/C20H15N3O2S/c24-19(16-10-5-4-9-15(16)14-7-2-1-3-8-14)21-13-18-22-23-20(25-18)17-11-6-12-26-17/h1-12H,13H2,(H,21,24). The highest BCUT2D eigenvalue weighted by molar-refractivity contribution is 7.13. The number of aromatic nitrogens is 2. The van der Waals surface area contributed by atoms with Gasteiger partial charge in [-0.15, -0.1) is 21.5 Å². The van der Waals surface area contributed by atoms with Crippen molar-refractivity contribution in [2.24, 2.45) is 0 Å². The zero-order chi connectivity index (χ0) is 17.8. The van der Waals surface area contributed by atoms with E-state index < -0.39 is 0 Å². The molecule has 0 bridgehead atoms. The van der Waals surface area contributed by atoms with Gasteiger partial charge in [-0.05, 0) is 28.6 Å². The molecule has 128 valence electrons. The Bertz CT molecular complexity index is 1010. The topological polar surface area (TPSA) is 68.0 Å². The Balaban J connectivity index is 1.49. The highest BCUT2D eigenvalue weighted by atomic mass is 32.1. The van der Waals surface area contributed by atoms with Gasteiger partial charge < -0.3 is 9.73 Å². The molecule has 0 spiro atoms. The summed E-state index contributed by atoms with van der Waals surface area (Å²) >= 11 is 1.53. The summed E-state index contributed by atoms with van der Waals surface area (Å²) in [5, 5.41) is 12.8. The molecule has 6 heteroatoms. The van der Waals surface area contributed by atoms with Gasteiger partial charge in [0.1, 0.15) is 0 Å². The van der Waals surface area contributed by atoms with E-state index in [1.54, 1.807) is 0 Å². The van der Waals surface area contributed by atoms with Crippen LogP contribution in [0.1, 0.15) is 16.2 Å². The first-order chi connectivity index (χ1) is 12.8. The van der Waals surface area contributed by atoms with Crippen LogP contribution in [0.4, 0.5) is 0 Å². The lowest BCUT2D eigenvalue weighted by Gasteiger charge is -2.09. The van der Waals surface area contributed by atoms with Crippen LogP contribution in [0.5, 0.6) is 0 Å². The molecule has 5 nitrogen and oxygen atoms in total. The minimum absolute atomic E-state index is 0.180. The van der Waals surface area contributed by atoms with E-state index in [2.05, 4.69) is 15.5 Å². The number of rotatable bonds is 5. The normalized spacial score (nSPS) is 10.6. The second kappa shape index (κ2) is 7.33. The Morgan fingerprint density at radius 1 is 0.962 bits per heavy atom. The van der Waals surface area contributed by atoms with Crippen molar-refractivity contribution in [1.29, 1.82) is 0 Å². The molecule has 0 aliphatic carbocycles. The Labute approximate surface area is 154 Å². The van der Waals surface area contributed by atoms with Crippen LogP contribution in [0.15, 0.2) is 76.5 Å². The van der Waals surface area contributed by atoms with Crippen LogP contribution in [0.25, 0.3) is 21.9 Å². The Hall–Kier alpha value is -3.25. The minimum Gasteiger partial charge on any atom is -0.418 e. The Kier molecular flexibility index (Phi) is 4.57. The fourth-order valence-corrected chi connectivity index (χ4v) is 3.27. The van der Waals surface area contributed by atoms with E-state index >= 15 is 0 Å². The van der Waals surface area contributed by atoms with E-state index in [1.807, 2.05) is 72.1 Å². The third-order valence-corrected chi connectivity index (χ3v) is 4.71. The molecule has 0 unspecified atom stereocenters. The first-order valence-electron chi connectivity index (χ1n) is 8.10. The predicted octanol–water partition coefficient (Wildman–Crippen LogP) is 4.40. The molecule has 0 aliphatic heterocycles. The van der Waals surface area contributed by atoms with E-state index in [0.29, 0.717) is 17.3 Å². The number of carbonyl (C=O) groups excluding carboxylic acids is 1. The second-order valence-corrected chi connectivity index (χ2v) is 6.52. The Morgan fingerprint density at radius 2 is 1.77 bits per heavy atom. The van der Waals surface area contributed by atoms with Crippen molar-refractivity contribution >= 4 is 17.2 Å². The maximum Gasteiger partial charge on any atom is 0.257 e. The largest absolute Gasteiger partial charge is 0.418 e. The quantitative estimate of drug-likeness (QED) is 0.572. The maximum atomic E-state index is 12.6. The minimum atomic E-state index is -0.180. The third-order valence-electron chi connectivity index (χ3n) is 3.86. The van der Waals surface area contributed by atoms with Crippen LogP contribution in [0, 0.1) is 0 Å². The van der Waals surface area contributed by atoms with Gasteiger partial charge in [0.05, 0.1) is 11.4 Å². The Morgan fingerprint density at radius 3 is 2.58 bits per heavy atom. The molecule has 0 fully saturated rings. The lowest BCUT2D eigenvalue weighted by atomic mass is 9.99. The SMILES string of the molecule is O=C(NCc1nnc(-c2cccs2)o1)c1ccccc1-c1ccccc1. The van der Waals surface area contributed by atoms with Crippen molar-refractivity contribution in [3.05, 3.63) is 83.6 Å². The van der Waals surface area contributed by atoms with Gasteiger partial charge in [-0.2, -0.15) is 0 Å². The summed E-state index contributed by atoms with van der Waals surface area (Å²) in [5.41, 5.74) is 2.49. The van der Waals surface area contributed by atoms with Gasteiger partial charge in [0.2, 0.25) is 5.89 Å². The summed E-state index contributed by atoms with van der Waals surface area (Å²) in [7, 11) is 0. The molecular formula is C20H15N3O2S. The molecule has 4 rings (SSSR count). The highest BCUT2D eigenvalue weighted by Crippen LogP contribution is 2.24. The number of amides is 1. The average Bonchev–Trinajstić information content (AvgIpc) is 3.38. The number of thiophene rings is 1. The van der Waals surface area contributed by atoms with Crippen molar-refractivity contribution in [3.8, 4) is 21.9 Å². The molecule has 2 aromatic heterocycles. The summed E-state index contributed by atoms with van der Waals surface area (Å²) in [6.45, 7) is 0.181. The van der Waals surface area contributed by atoms with Gasteiger partial charge >= 0.3 is 0 Å². The summed E-state index contributed by atoms with van der Waals surface area (Å²) in [5.74, 6) is 0.660. The van der Waals surface area contributed by atoms with E-state index in [-0.39, 0.29) is 12.5 Å². The van der Waals surface area contributed by atoms with Crippen LogP contribution in [-0.4, -0.2) is 16.1 Å². The first kappa shape index (κ1) is 16.2. The second-order valence-electron chi connectivity index (χ2n) is 5.57. The number of benzene rings is 2. The lowest BCUT2D eigenvalue weighted by molar-refractivity contribution is 0.0948. The molecule has 1 N–H and O–H groups in total. The predicted molar refractivity (Wildman–Crippen MR) is 101 cm³/mol. The summed E-state index contributed by atoms with van der Waals surface area (Å²) in [6, 6.07) is 21.2. The fraction of sp³-hybridized carbons (Fsp3) is 0.0500. The maximum absolute atomic E-state index is 12.6. The smallest absolute Gasteiger partial charge is 0.257 e. The number of hydrogen-bond donors (Lipinski definition) is 1. The first-order valence-corrected chi connectivity index (χ1v) is 8.98. The van der Waals surface area contributed by atoms with Crippen LogP contribution in [0.3, 0.4) is 0 Å². The third kappa shape index (κ3) is 3.41. The van der Waals surface area contributed by atoms with Crippen molar-refractivity contribution in [2.75, 3.05) is 0 Å². The molecule has 0 atom stereocenters. The van der Waals surface area contributed by atoms with Crippen LogP contribution < -0.4 is 5.32 Å². The molecule has 1 amide bonds. The number of nitrogens with zero attached hydrogens (tertiary/aromatic N) is 2. The number of carbonyl (C=O) groups is 1. The molecule has 0 saturated carbocycles. The fourth-order valence-electron chi connectivity index (χ4n) is 2.63. The monoisotopic (exact) mass is 361 g/mol. The van der Waals surface area contributed by atoms with Crippen molar-refractivity contribution in [2.45, 2.75) is 6.54 Å². The van der Waals surface area contributed by atoms with Crippen molar-refractivity contribution in [1.82, 2.24) is 15.5 Å². The molecule has 0 aliphatic rings. The van der Waals surface area contributed by atoms with Gasteiger partial charge in [-0.1, -0.05) is 54.6 Å². The van der Waals surface area contributed by atoms with Crippen LogP contribution in [0.2, 0.25) is 0 Å². The van der Waals surface area contributed by atoms with Crippen LogP contribution in [-0.2, 0) is 6.54 Å². The van der Waals surface area contributed by atoms with E-state index in [9.17, 15) is 4.79 Å². The number of hydrogen-bond acceptors (Lipinski definition) is 5. The molecule has 0 radical (unpaired) electrons. The molecular weight excluding hydrogens is 346 g/mol. The molecule has 4 aromatic rings. The molecule has 0 saturated heterocycles. The zero-order valence-corrected chi connectivity index (χ0v) is 14.6. The summed E-state index contributed by atoms with van der Waals surface area (Å²) in [6.07, 6.45) is 0. The average molecular weight is 361 g/mol.